The maximum atomic E-state index is 13.8. The molecule has 1 fully saturated rings. The van der Waals surface area contributed by atoms with Gasteiger partial charge in [-0.25, -0.2) is 4.39 Å². The van der Waals surface area contributed by atoms with Crippen LogP contribution in [0.2, 0.25) is 0 Å². The Morgan fingerprint density at radius 2 is 1.95 bits per heavy atom. The molecule has 0 saturated heterocycles. The zero-order chi connectivity index (χ0) is 15.9. The second-order valence-electron chi connectivity index (χ2n) is 5.91. The molecule has 0 aromatic heterocycles. The zero-order valence-electron chi connectivity index (χ0n) is 13.0. The summed E-state index contributed by atoms with van der Waals surface area (Å²) < 4.78 is 44.1. The van der Waals surface area contributed by atoms with Gasteiger partial charge in [0.2, 0.25) is 0 Å². The number of rotatable bonds is 6. The monoisotopic (exact) mass is 312 g/mol. The fourth-order valence-electron chi connectivity index (χ4n) is 2.99. The fraction of sp³-hybridized carbons (Fsp3) is 0.556. The minimum Gasteiger partial charge on any atom is -0.378 e. The number of hydrogen-bond donors (Lipinski definition) is 0. The lowest BCUT2D eigenvalue weighted by atomic mass is 9.82. The first-order chi connectivity index (χ1) is 10.6. The number of unbranched alkanes of at least 4 members (excludes halogenated alkanes) is 1. The summed E-state index contributed by atoms with van der Waals surface area (Å²) in [7, 11) is 0. The topological polar surface area (TPSA) is 9.23 Å². The van der Waals surface area contributed by atoms with Crippen molar-refractivity contribution in [3.8, 4) is 0 Å². The second kappa shape index (κ2) is 8.37. The molecule has 0 N–H and O–H groups in total. The molecule has 2 rings (SSSR count). The van der Waals surface area contributed by atoms with Gasteiger partial charge in [-0.05, 0) is 49.7 Å². The number of halogens is 3. The van der Waals surface area contributed by atoms with Crippen molar-refractivity contribution in [2.75, 3.05) is 6.61 Å². The van der Waals surface area contributed by atoms with E-state index in [0.29, 0.717) is 18.1 Å². The Labute approximate surface area is 130 Å². The number of benzene rings is 1. The van der Waals surface area contributed by atoms with Gasteiger partial charge < -0.3 is 4.74 Å². The zero-order valence-corrected chi connectivity index (χ0v) is 13.0. The minimum atomic E-state index is -1.88. The predicted octanol–water partition coefficient (Wildman–Crippen LogP) is 5.91. The Morgan fingerprint density at radius 3 is 2.55 bits per heavy atom. The van der Waals surface area contributed by atoms with Gasteiger partial charge in [0.1, 0.15) is 5.82 Å². The maximum absolute atomic E-state index is 13.8. The first-order valence-corrected chi connectivity index (χ1v) is 8.04. The molecule has 1 aliphatic carbocycles. The van der Waals surface area contributed by atoms with Crippen LogP contribution < -0.4 is 0 Å². The van der Waals surface area contributed by atoms with Crippen molar-refractivity contribution in [1.29, 1.82) is 0 Å². The summed E-state index contributed by atoms with van der Waals surface area (Å²) in [6.07, 6.45) is 5.11. The number of hydrogen-bond acceptors (Lipinski definition) is 1. The minimum absolute atomic E-state index is 0.0552. The van der Waals surface area contributed by atoms with E-state index in [1.807, 2.05) is 0 Å². The molecule has 1 saturated carbocycles. The van der Waals surface area contributed by atoms with E-state index in [4.69, 9.17) is 4.74 Å². The Morgan fingerprint density at radius 1 is 1.23 bits per heavy atom. The lowest BCUT2D eigenvalue weighted by molar-refractivity contribution is 0.0232. The molecule has 0 heterocycles. The first kappa shape index (κ1) is 17.1. The van der Waals surface area contributed by atoms with E-state index in [1.54, 1.807) is 6.07 Å². The first-order valence-electron chi connectivity index (χ1n) is 8.04. The quantitative estimate of drug-likeness (QED) is 0.594. The molecule has 0 bridgehead atoms. The highest BCUT2D eigenvalue weighted by Crippen LogP contribution is 2.34. The standard InChI is InChI=1S/C18H23F3O/c1-2-3-10-22-16-8-6-13(7-9-16)14-4-5-15(12-18(20)21)17(19)11-14/h4-5,11-13,16H,2-3,6-10H2,1H3/t13-,16-. The smallest absolute Gasteiger partial charge is 0.271 e. The van der Waals surface area contributed by atoms with Crippen molar-refractivity contribution in [3.05, 3.63) is 41.2 Å². The van der Waals surface area contributed by atoms with Crippen LogP contribution in [0.15, 0.2) is 24.3 Å². The summed E-state index contributed by atoms with van der Waals surface area (Å²) in [4.78, 5) is 0. The van der Waals surface area contributed by atoms with Crippen LogP contribution in [0.25, 0.3) is 6.08 Å². The third-order valence-electron chi connectivity index (χ3n) is 4.29. The van der Waals surface area contributed by atoms with Crippen molar-refractivity contribution in [2.24, 2.45) is 0 Å². The molecule has 0 aliphatic heterocycles. The lowest BCUT2D eigenvalue weighted by Crippen LogP contribution is -2.21. The van der Waals surface area contributed by atoms with Crippen LogP contribution in [0.1, 0.15) is 62.5 Å². The van der Waals surface area contributed by atoms with Crippen molar-refractivity contribution in [3.63, 3.8) is 0 Å². The molecule has 0 radical (unpaired) electrons. The molecular weight excluding hydrogens is 289 g/mol. The van der Waals surface area contributed by atoms with Crippen LogP contribution in [0.5, 0.6) is 0 Å². The van der Waals surface area contributed by atoms with E-state index in [-0.39, 0.29) is 5.56 Å². The molecule has 0 amide bonds. The Kier molecular flexibility index (Phi) is 6.49. The Bertz CT molecular complexity index is 501. The summed E-state index contributed by atoms with van der Waals surface area (Å²) in [6.45, 7) is 2.96. The third kappa shape index (κ3) is 4.87. The SMILES string of the molecule is CCCCO[C@H]1CC[C@H](c2ccc(C=C(F)F)c(F)c2)CC1. The van der Waals surface area contributed by atoms with Gasteiger partial charge in [0.15, 0.2) is 0 Å². The summed E-state index contributed by atoms with van der Waals surface area (Å²) in [5, 5.41) is 0. The molecule has 1 aliphatic rings. The molecule has 4 heteroatoms. The van der Waals surface area contributed by atoms with Crippen LogP contribution in [0, 0.1) is 5.82 Å². The van der Waals surface area contributed by atoms with E-state index in [2.05, 4.69) is 6.92 Å². The van der Waals surface area contributed by atoms with Gasteiger partial charge in [-0.3, -0.25) is 0 Å². The second-order valence-corrected chi connectivity index (χ2v) is 5.91. The van der Waals surface area contributed by atoms with Gasteiger partial charge in [0.05, 0.1) is 6.10 Å². The maximum Gasteiger partial charge on any atom is 0.271 e. The van der Waals surface area contributed by atoms with Crippen molar-refractivity contribution < 1.29 is 17.9 Å². The van der Waals surface area contributed by atoms with Crippen LogP contribution in [-0.4, -0.2) is 12.7 Å². The van der Waals surface area contributed by atoms with E-state index < -0.39 is 11.9 Å². The van der Waals surface area contributed by atoms with Crippen LogP contribution >= 0.6 is 0 Å². The van der Waals surface area contributed by atoms with E-state index >= 15 is 0 Å². The van der Waals surface area contributed by atoms with Crippen LogP contribution in [-0.2, 0) is 4.74 Å². The van der Waals surface area contributed by atoms with E-state index in [9.17, 15) is 13.2 Å². The number of ether oxygens (including phenoxy) is 1. The normalized spacial score (nSPS) is 21.6. The highest BCUT2D eigenvalue weighted by Gasteiger charge is 2.23. The summed E-state index contributed by atoms with van der Waals surface area (Å²) in [5.41, 5.74) is 0.848. The predicted molar refractivity (Wildman–Crippen MR) is 82.5 cm³/mol. The van der Waals surface area contributed by atoms with Crippen molar-refractivity contribution in [2.45, 2.75) is 57.5 Å². The fourth-order valence-corrected chi connectivity index (χ4v) is 2.99. The lowest BCUT2D eigenvalue weighted by Gasteiger charge is -2.29. The third-order valence-corrected chi connectivity index (χ3v) is 4.29. The average Bonchev–Trinajstić information content (AvgIpc) is 2.50. The molecule has 1 aromatic rings. The molecule has 0 atom stereocenters. The molecule has 22 heavy (non-hydrogen) atoms. The van der Waals surface area contributed by atoms with Gasteiger partial charge >= 0.3 is 0 Å². The molecular formula is C18H23F3O. The van der Waals surface area contributed by atoms with Crippen LogP contribution in [0.4, 0.5) is 13.2 Å². The largest absolute Gasteiger partial charge is 0.378 e. The molecule has 0 spiro atoms. The summed E-state index contributed by atoms with van der Waals surface area (Å²) >= 11 is 0. The average molecular weight is 312 g/mol. The van der Waals surface area contributed by atoms with E-state index in [1.165, 1.54) is 12.1 Å². The van der Waals surface area contributed by atoms with Gasteiger partial charge in [-0.2, -0.15) is 8.78 Å². The van der Waals surface area contributed by atoms with E-state index in [0.717, 1.165) is 50.7 Å². The summed E-state index contributed by atoms with van der Waals surface area (Å²) in [5.74, 6) is -0.277. The van der Waals surface area contributed by atoms with Gasteiger partial charge in [0.25, 0.3) is 6.08 Å². The van der Waals surface area contributed by atoms with Crippen LogP contribution in [0.3, 0.4) is 0 Å². The molecule has 0 unspecified atom stereocenters. The highest BCUT2D eigenvalue weighted by atomic mass is 19.3. The molecule has 1 nitrogen and oxygen atoms in total. The highest BCUT2D eigenvalue weighted by molar-refractivity contribution is 5.51. The Balaban J connectivity index is 1.91. The molecule has 1 aromatic carbocycles. The van der Waals surface area contributed by atoms with Crippen molar-refractivity contribution >= 4 is 6.08 Å². The van der Waals surface area contributed by atoms with Gasteiger partial charge in [-0.15, -0.1) is 0 Å². The summed E-state index contributed by atoms with van der Waals surface area (Å²) in [6, 6.07) is 4.60. The van der Waals surface area contributed by atoms with Gasteiger partial charge in [-0.1, -0.05) is 25.5 Å². The Hall–Kier alpha value is -1.29. The van der Waals surface area contributed by atoms with Gasteiger partial charge in [0, 0.05) is 18.2 Å². The molecule has 122 valence electrons. The van der Waals surface area contributed by atoms with Crippen molar-refractivity contribution in [1.82, 2.24) is 0 Å².